The van der Waals surface area contributed by atoms with Gasteiger partial charge in [-0.3, -0.25) is 9.59 Å². The number of carbonyl (C=O) groups is 2. The summed E-state index contributed by atoms with van der Waals surface area (Å²) >= 11 is 0. The van der Waals surface area contributed by atoms with E-state index in [9.17, 15) is 9.59 Å². The maximum absolute atomic E-state index is 12.7. The number of rotatable bonds is 5. The lowest BCUT2D eigenvalue weighted by atomic mass is 9.86. The molecule has 26 heavy (non-hydrogen) atoms. The van der Waals surface area contributed by atoms with Crippen LogP contribution in [0.4, 0.5) is 0 Å². The normalized spacial score (nSPS) is 31.3. The van der Waals surface area contributed by atoms with Gasteiger partial charge in [0.1, 0.15) is 5.78 Å². The molecule has 0 aliphatic carbocycles. The first-order valence-corrected chi connectivity index (χ1v) is 9.46. The molecular formula is C22H28O4. The zero-order chi connectivity index (χ0) is 19.1. The summed E-state index contributed by atoms with van der Waals surface area (Å²) < 4.78 is 11.7. The number of fused-ring (bicyclic) bond motifs is 2. The zero-order valence-corrected chi connectivity index (χ0v) is 16.2. The minimum atomic E-state index is -1.25. The van der Waals surface area contributed by atoms with Crippen molar-refractivity contribution < 1.29 is 19.1 Å². The van der Waals surface area contributed by atoms with Crippen molar-refractivity contribution in [2.24, 2.45) is 17.8 Å². The lowest BCUT2D eigenvalue weighted by Gasteiger charge is -2.40. The predicted octanol–water partition coefficient (Wildman–Crippen LogP) is 4.04. The summed E-state index contributed by atoms with van der Waals surface area (Å²) in [6.45, 7) is 9.81. The molecule has 140 valence electrons. The summed E-state index contributed by atoms with van der Waals surface area (Å²) in [6, 6.07) is 8.08. The highest BCUT2D eigenvalue weighted by molar-refractivity contribution is 5.87. The van der Waals surface area contributed by atoms with Gasteiger partial charge in [0.15, 0.2) is 0 Å². The van der Waals surface area contributed by atoms with E-state index in [1.165, 1.54) is 5.56 Å². The fourth-order valence-electron chi connectivity index (χ4n) is 3.73. The van der Waals surface area contributed by atoms with Crippen molar-refractivity contribution in [1.29, 1.82) is 0 Å². The molecule has 0 aromatic heterocycles. The molecule has 1 fully saturated rings. The Balaban J connectivity index is 1.72. The number of carbonyl (C=O) groups excluding carboxylic acids is 2. The minimum absolute atomic E-state index is 0.0738. The summed E-state index contributed by atoms with van der Waals surface area (Å²) in [5, 5.41) is 0. The third-order valence-electron chi connectivity index (χ3n) is 5.55. The topological polar surface area (TPSA) is 52.6 Å². The van der Waals surface area contributed by atoms with Crippen molar-refractivity contribution in [3.8, 4) is 0 Å². The molecular weight excluding hydrogens is 328 g/mol. The van der Waals surface area contributed by atoms with E-state index >= 15 is 0 Å². The molecule has 4 heteroatoms. The van der Waals surface area contributed by atoms with Crippen LogP contribution in [0.5, 0.6) is 0 Å². The second-order valence-electron chi connectivity index (χ2n) is 8.06. The van der Waals surface area contributed by atoms with Crippen LogP contribution in [0.3, 0.4) is 0 Å². The molecule has 2 heterocycles. The SMILES string of the molecule is CC(C)Cc1ccc([C@H](C)C(=O)O[C@@]23C=C[C@@H](O2)[C@H](C)C(=O)[C@H]3C)cc1. The van der Waals surface area contributed by atoms with Crippen LogP contribution in [-0.4, -0.2) is 23.6 Å². The number of ketones is 1. The van der Waals surface area contributed by atoms with E-state index in [-0.39, 0.29) is 23.8 Å². The van der Waals surface area contributed by atoms with Gasteiger partial charge in [-0.05, 0) is 43.4 Å². The number of esters is 1. The summed E-state index contributed by atoms with van der Waals surface area (Å²) in [5.74, 6) is -2.09. The van der Waals surface area contributed by atoms with Crippen LogP contribution in [-0.2, 0) is 25.5 Å². The van der Waals surface area contributed by atoms with Gasteiger partial charge in [-0.15, -0.1) is 0 Å². The molecule has 0 spiro atoms. The molecule has 0 saturated carbocycles. The Bertz CT molecular complexity index is 718. The number of benzene rings is 1. The molecule has 1 aromatic rings. The van der Waals surface area contributed by atoms with Gasteiger partial charge >= 0.3 is 5.97 Å². The third-order valence-corrected chi connectivity index (χ3v) is 5.55. The first-order valence-electron chi connectivity index (χ1n) is 9.46. The van der Waals surface area contributed by atoms with Crippen LogP contribution in [0.1, 0.15) is 51.7 Å². The maximum atomic E-state index is 12.7. The second-order valence-corrected chi connectivity index (χ2v) is 8.06. The molecule has 1 aromatic carbocycles. The lowest BCUT2D eigenvalue weighted by molar-refractivity contribution is -0.246. The average Bonchev–Trinajstić information content (AvgIpc) is 3.01. The number of hydrogen-bond donors (Lipinski definition) is 0. The van der Waals surface area contributed by atoms with Crippen molar-refractivity contribution >= 4 is 11.8 Å². The van der Waals surface area contributed by atoms with Crippen LogP contribution in [0.15, 0.2) is 36.4 Å². The van der Waals surface area contributed by atoms with E-state index in [1.54, 1.807) is 13.0 Å². The monoisotopic (exact) mass is 356 g/mol. The van der Waals surface area contributed by atoms with E-state index in [2.05, 4.69) is 26.0 Å². The number of hydrogen-bond acceptors (Lipinski definition) is 4. The Morgan fingerprint density at radius 3 is 2.46 bits per heavy atom. The molecule has 2 aliphatic heterocycles. The van der Waals surface area contributed by atoms with Crippen molar-refractivity contribution in [1.82, 2.24) is 0 Å². The quantitative estimate of drug-likeness (QED) is 0.590. The molecule has 0 N–H and O–H groups in total. The van der Waals surface area contributed by atoms with Gasteiger partial charge in [0, 0.05) is 5.92 Å². The van der Waals surface area contributed by atoms with Crippen LogP contribution in [0, 0.1) is 17.8 Å². The van der Waals surface area contributed by atoms with E-state index in [0.29, 0.717) is 5.92 Å². The Kier molecular flexibility index (Phi) is 5.07. The fraction of sp³-hybridized carbons (Fsp3) is 0.545. The van der Waals surface area contributed by atoms with Gasteiger partial charge < -0.3 is 9.47 Å². The molecule has 2 bridgehead atoms. The Labute approximate surface area is 155 Å². The van der Waals surface area contributed by atoms with Crippen LogP contribution in [0.2, 0.25) is 0 Å². The van der Waals surface area contributed by atoms with Crippen molar-refractivity contribution in [2.75, 3.05) is 0 Å². The van der Waals surface area contributed by atoms with E-state index in [0.717, 1.165) is 12.0 Å². The first-order chi connectivity index (χ1) is 12.2. The molecule has 1 saturated heterocycles. The van der Waals surface area contributed by atoms with Gasteiger partial charge in [0.05, 0.1) is 17.9 Å². The van der Waals surface area contributed by atoms with E-state index in [4.69, 9.17) is 9.47 Å². The summed E-state index contributed by atoms with van der Waals surface area (Å²) in [5.41, 5.74) is 2.16. The standard InChI is InChI=1S/C22H28O4/c1-13(2)12-17-6-8-18(9-7-17)14(3)21(24)26-22-11-10-19(25-22)15(4)20(23)16(22)5/h6-11,13-16,19H,12H2,1-5H3/t14-,15-,16+,19+,22+/m0/s1. The van der Waals surface area contributed by atoms with E-state index < -0.39 is 17.6 Å². The van der Waals surface area contributed by atoms with Gasteiger partial charge in [0.2, 0.25) is 5.79 Å². The van der Waals surface area contributed by atoms with E-state index in [1.807, 2.05) is 32.1 Å². The number of ether oxygens (including phenoxy) is 2. The fourth-order valence-corrected chi connectivity index (χ4v) is 3.73. The van der Waals surface area contributed by atoms with Crippen molar-refractivity contribution in [3.05, 3.63) is 47.5 Å². The molecule has 2 aliphatic rings. The smallest absolute Gasteiger partial charge is 0.315 e. The van der Waals surface area contributed by atoms with Gasteiger partial charge in [0.25, 0.3) is 0 Å². The second kappa shape index (κ2) is 6.99. The molecule has 0 amide bonds. The van der Waals surface area contributed by atoms with Gasteiger partial charge in [-0.2, -0.15) is 0 Å². The first kappa shape index (κ1) is 18.8. The molecule has 3 rings (SSSR count). The summed E-state index contributed by atoms with van der Waals surface area (Å²) in [4.78, 5) is 25.2. The van der Waals surface area contributed by atoms with Crippen molar-refractivity contribution in [3.63, 3.8) is 0 Å². The summed E-state index contributed by atoms with van der Waals surface area (Å²) in [7, 11) is 0. The van der Waals surface area contributed by atoms with Crippen LogP contribution in [0.25, 0.3) is 0 Å². The highest BCUT2D eigenvalue weighted by Gasteiger charge is 2.55. The Hall–Kier alpha value is -1.94. The predicted molar refractivity (Wildman–Crippen MR) is 99.6 cm³/mol. The highest BCUT2D eigenvalue weighted by atomic mass is 16.7. The van der Waals surface area contributed by atoms with Gasteiger partial charge in [-0.1, -0.05) is 51.1 Å². The average molecular weight is 356 g/mol. The third kappa shape index (κ3) is 3.35. The van der Waals surface area contributed by atoms with Crippen LogP contribution >= 0.6 is 0 Å². The van der Waals surface area contributed by atoms with Gasteiger partial charge in [-0.25, -0.2) is 0 Å². The van der Waals surface area contributed by atoms with Crippen molar-refractivity contribution in [2.45, 2.75) is 58.8 Å². The Morgan fingerprint density at radius 2 is 1.85 bits per heavy atom. The summed E-state index contributed by atoms with van der Waals surface area (Å²) in [6.07, 6.45) is 4.28. The van der Waals surface area contributed by atoms with Crippen LogP contribution < -0.4 is 0 Å². The maximum Gasteiger partial charge on any atom is 0.315 e. The molecule has 5 atom stereocenters. The highest BCUT2D eigenvalue weighted by Crippen LogP contribution is 2.42. The molecule has 0 unspecified atom stereocenters. The minimum Gasteiger partial charge on any atom is -0.428 e. The lowest BCUT2D eigenvalue weighted by Crippen LogP contribution is -2.52. The largest absolute Gasteiger partial charge is 0.428 e. The molecule has 0 radical (unpaired) electrons. The Morgan fingerprint density at radius 1 is 1.19 bits per heavy atom. The molecule has 4 nitrogen and oxygen atoms in total. The number of Topliss-reactive ketones (excluding diaryl/α,β-unsaturated/α-hetero) is 1. The zero-order valence-electron chi connectivity index (χ0n) is 16.2.